The Balaban J connectivity index is 0.000000235. The summed E-state index contributed by atoms with van der Waals surface area (Å²) in [6.07, 6.45) is 9.73. The van der Waals surface area contributed by atoms with Crippen LogP contribution in [0.2, 0.25) is 0 Å². The number of piperidine rings is 1. The first-order chi connectivity index (χ1) is 16.0. The van der Waals surface area contributed by atoms with E-state index >= 15 is 0 Å². The molecule has 1 fully saturated rings. The summed E-state index contributed by atoms with van der Waals surface area (Å²) in [5, 5.41) is 8.57. The molecule has 6 nitrogen and oxygen atoms in total. The molecule has 3 heterocycles. The van der Waals surface area contributed by atoms with Gasteiger partial charge in [-0.05, 0) is 63.2 Å². The van der Waals surface area contributed by atoms with Crippen molar-refractivity contribution in [2.24, 2.45) is 5.92 Å². The van der Waals surface area contributed by atoms with E-state index in [0.29, 0.717) is 18.5 Å². The Hall–Kier alpha value is -3.06. The first-order valence-electron chi connectivity index (χ1n) is 11.6. The number of alkyl halides is 1. The van der Waals surface area contributed by atoms with Gasteiger partial charge in [0.2, 0.25) is 0 Å². The number of nitrogens with zero attached hydrogens (tertiary/aromatic N) is 4. The van der Waals surface area contributed by atoms with Gasteiger partial charge < -0.3 is 15.5 Å². The van der Waals surface area contributed by atoms with Crippen molar-refractivity contribution in [1.29, 1.82) is 0 Å². The molecule has 176 valence electrons. The zero-order chi connectivity index (χ0) is 23.6. The van der Waals surface area contributed by atoms with E-state index in [1.807, 2.05) is 31.5 Å². The van der Waals surface area contributed by atoms with Crippen LogP contribution in [-0.2, 0) is 0 Å². The fraction of sp³-hybridized carbons (Fsp3) is 0.423. The van der Waals surface area contributed by atoms with Gasteiger partial charge in [-0.1, -0.05) is 18.2 Å². The lowest BCUT2D eigenvalue weighted by molar-refractivity contribution is 0.189. The second-order valence-corrected chi connectivity index (χ2v) is 8.57. The van der Waals surface area contributed by atoms with E-state index in [0.717, 1.165) is 59.6 Å². The number of hydrogen-bond acceptors (Lipinski definition) is 6. The lowest BCUT2D eigenvalue weighted by Gasteiger charge is -2.29. The smallest absolute Gasteiger partial charge is 0.145 e. The summed E-state index contributed by atoms with van der Waals surface area (Å²) < 4.78 is 11.9. The molecule has 1 aliphatic rings. The molecule has 0 saturated carbocycles. The number of hydrogen-bond donors (Lipinski definition) is 2. The van der Waals surface area contributed by atoms with Crippen LogP contribution in [0.15, 0.2) is 55.5 Å². The fourth-order valence-electron chi connectivity index (χ4n) is 3.84. The molecule has 2 aromatic heterocycles. The normalized spacial score (nSPS) is 14.6. The molecule has 0 amide bonds. The van der Waals surface area contributed by atoms with Gasteiger partial charge in [0.25, 0.3) is 0 Å². The summed E-state index contributed by atoms with van der Waals surface area (Å²) >= 11 is 0. The van der Waals surface area contributed by atoms with Gasteiger partial charge in [-0.2, -0.15) is 0 Å². The van der Waals surface area contributed by atoms with Crippen molar-refractivity contribution in [3.8, 4) is 11.3 Å². The number of likely N-dealkylation sites (tertiary alicyclic amines) is 1. The van der Waals surface area contributed by atoms with Gasteiger partial charge >= 0.3 is 0 Å². The second-order valence-electron chi connectivity index (χ2n) is 8.57. The molecule has 1 aliphatic heterocycles. The summed E-state index contributed by atoms with van der Waals surface area (Å²) in [6.45, 7) is 10.4. The van der Waals surface area contributed by atoms with E-state index < -0.39 is 0 Å². The van der Waals surface area contributed by atoms with Gasteiger partial charge in [-0.15, -0.1) is 6.58 Å². The third kappa shape index (κ3) is 7.22. The Morgan fingerprint density at radius 2 is 1.91 bits per heavy atom. The van der Waals surface area contributed by atoms with Crippen LogP contribution in [-0.4, -0.2) is 59.3 Å². The fourth-order valence-corrected chi connectivity index (χ4v) is 3.84. The predicted molar refractivity (Wildman–Crippen MR) is 136 cm³/mol. The maximum atomic E-state index is 11.9. The molecular formula is C26H35FN6. The van der Waals surface area contributed by atoms with Crippen LogP contribution in [0.4, 0.5) is 16.0 Å². The molecule has 4 rings (SSSR count). The summed E-state index contributed by atoms with van der Waals surface area (Å²) in [5.41, 5.74) is 1.90. The summed E-state index contributed by atoms with van der Waals surface area (Å²) in [6, 6.07) is 8.57. The molecular weight excluding hydrogens is 415 g/mol. The maximum absolute atomic E-state index is 11.9. The Labute approximate surface area is 196 Å². The SMILES string of the molecule is C=CC1CCN(CCF)CC1.CNc1cc2cc(-c3cncc(NC(C)C)n3)ccc2cn1. The standard InChI is InChI=1S/C17H19N5.C9H16FN/c1-11(2)21-17-10-19-9-15(22-17)12-4-5-13-8-20-16(18-3)7-14(13)6-12;1-2-9-3-6-11(7-4-9)8-5-10/h4-11H,1-3H3,(H,18,20)(H,21,22);2,9H,1,3-8H2. The molecule has 0 atom stereocenters. The van der Waals surface area contributed by atoms with Gasteiger partial charge in [-0.3, -0.25) is 4.98 Å². The maximum Gasteiger partial charge on any atom is 0.145 e. The molecule has 0 bridgehead atoms. The van der Waals surface area contributed by atoms with Gasteiger partial charge in [0.15, 0.2) is 0 Å². The van der Waals surface area contributed by atoms with Crippen molar-refractivity contribution in [2.45, 2.75) is 32.7 Å². The van der Waals surface area contributed by atoms with Crippen molar-refractivity contribution in [1.82, 2.24) is 19.9 Å². The van der Waals surface area contributed by atoms with E-state index in [9.17, 15) is 4.39 Å². The van der Waals surface area contributed by atoms with Gasteiger partial charge in [-0.25, -0.2) is 14.4 Å². The number of anilines is 2. The van der Waals surface area contributed by atoms with Crippen LogP contribution >= 0.6 is 0 Å². The number of halogens is 1. The second kappa shape index (κ2) is 12.3. The van der Waals surface area contributed by atoms with Crippen molar-refractivity contribution in [3.63, 3.8) is 0 Å². The predicted octanol–water partition coefficient (Wildman–Crippen LogP) is 5.41. The lowest BCUT2D eigenvalue weighted by Crippen LogP contribution is -2.34. The molecule has 0 unspecified atom stereocenters. The zero-order valence-electron chi connectivity index (χ0n) is 19.9. The zero-order valence-corrected chi connectivity index (χ0v) is 19.9. The highest BCUT2D eigenvalue weighted by Crippen LogP contribution is 2.24. The highest BCUT2D eigenvalue weighted by atomic mass is 19.1. The topological polar surface area (TPSA) is 66.0 Å². The van der Waals surface area contributed by atoms with Gasteiger partial charge in [0, 0.05) is 36.8 Å². The number of allylic oxidation sites excluding steroid dienone is 1. The lowest BCUT2D eigenvalue weighted by atomic mass is 9.97. The molecule has 0 spiro atoms. The third-order valence-electron chi connectivity index (χ3n) is 5.71. The van der Waals surface area contributed by atoms with Crippen LogP contribution < -0.4 is 10.6 Å². The van der Waals surface area contributed by atoms with Crippen LogP contribution in [0.25, 0.3) is 22.0 Å². The van der Waals surface area contributed by atoms with Gasteiger partial charge in [0.1, 0.15) is 18.3 Å². The first-order valence-corrected chi connectivity index (χ1v) is 11.6. The summed E-state index contributed by atoms with van der Waals surface area (Å²) in [5.74, 6) is 2.31. The molecule has 0 radical (unpaired) electrons. The highest BCUT2D eigenvalue weighted by molar-refractivity contribution is 5.88. The number of nitrogens with one attached hydrogen (secondary N) is 2. The molecule has 0 aliphatic carbocycles. The highest BCUT2D eigenvalue weighted by Gasteiger charge is 2.15. The number of fused-ring (bicyclic) bond motifs is 1. The number of benzene rings is 1. The van der Waals surface area contributed by atoms with Crippen molar-refractivity contribution >= 4 is 22.4 Å². The summed E-state index contributed by atoms with van der Waals surface area (Å²) in [7, 11) is 1.87. The van der Waals surface area contributed by atoms with E-state index in [1.165, 1.54) is 0 Å². The Kier molecular flexibility index (Phi) is 9.13. The minimum atomic E-state index is -0.210. The average molecular weight is 451 g/mol. The molecule has 1 saturated heterocycles. The molecule has 2 N–H and O–H groups in total. The number of pyridine rings is 1. The minimum absolute atomic E-state index is 0.210. The molecule has 1 aromatic carbocycles. The van der Waals surface area contributed by atoms with Crippen molar-refractivity contribution in [2.75, 3.05) is 44.0 Å². The number of rotatable bonds is 7. The van der Waals surface area contributed by atoms with Crippen molar-refractivity contribution < 1.29 is 4.39 Å². The van der Waals surface area contributed by atoms with Crippen LogP contribution in [0.1, 0.15) is 26.7 Å². The average Bonchev–Trinajstić information content (AvgIpc) is 2.84. The minimum Gasteiger partial charge on any atom is -0.373 e. The monoisotopic (exact) mass is 450 g/mol. The Morgan fingerprint density at radius 1 is 1.12 bits per heavy atom. The molecule has 33 heavy (non-hydrogen) atoms. The quantitative estimate of drug-likeness (QED) is 0.470. The Bertz CT molecular complexity index is 1030. The number of aromatic nitrogens is 3. The van der Waals surface area contributed by atoms with Crippen molar-refractivity contribution in [3.05, 3.63) is 55.5 Å². The van der Waals surface area contributed by atoms with Crippen LogP contribution in [0.3, 0.4) is 0 Å². The molecule has 3 aromatic rings. The van der Waals surface area contributed by atoms with E-state index in [4.69, 9.17) is 0 Å². The third-order valence-corrected chi connectivity index (χ3v) is 5.71. The van der Waals surface area contributed by atoms with Gasteiger partial charge in [0.05, 0.1) is 18.1 Å². The largest absolute Gasteiger partial charge is 0.373 e. The first kappa shape index (κ1) is 24.6. The summed E-state index contributed by atoms with van der Waals surface area (Å²) in [4.78, 5) is 15.4. The van der Waals surface area contributed by atoms with E-state index in [-0.39, 0.29) is 6.67 Å². The van der Waals surface area contributed by atoms with E-state index in [1.54, 1.807) is 12.4 Å². The van der Waals surface area contributed by atoms with Crippen LogP contribution in [0.5, 0.6) is 0 Å². The van der Waals surface area contributed by atoms with E-state index in [2.05, 4.69) is 63.0 Å². The molecule has 7 heteroatoms. The van der Waals surface area contributed by atoms with Crippen LogP contribution in [0, 0.1) is 5.92 Å². The Morgan fingerprint density at radius 3 is 2.58 bits per heavy atom.